The first-order valence-electron chi connectivity index (χ1n) is 13.8. The molecule has 0 saturated carbocycles. The standard InChI is InChI=1S/2C19H18P.Co/c2*1-15-9-3-7-13-18(15)20(17-11-5-6-12-17)19-14-8-4-10-16(19)2;/h2*3-14H,1-2H3;/q2*-1;+2. The Morgan fingerprint density at radius 1 is 0.366 bits per heavy atom. The van der Waals surface area contributed by atoms with Gasteiger partial charge in [-0.05, 0) is 87.0 Å². The number of hydrogen-bond donors (Lipinski definition) is 0. The molecule has 0 nitrogen and oxygen atoms in total. The molecule has 0 aliphatic rings. The van der Waals surface area contributed by atoms with Gasteiger partial charge >= 0.3 is 16.8 Å². The molecule has 0 N–H and O–H groups in total. The van der Waals surface area contributed by atoms with Gasteiger partial charge in [-0.25, -0.2) is 24.3 Å². The minimum Gasteiger partial charge on any atom is -0.213 e. The van der Waals surface area contributed by atoms with E-state index in [2.05, 4.69) is 173 Å². The van der Waals surface area contributed by atoms with E-state index in [1.807, 2.05) is 0 Å². The second kappa shape index (κ2) is 14.7. The van der Waals surface area contributed by atoms with E-state index < -0.39 is 15.8 Å². The Bertz CT molecular complexity index is 1430. The van der Waals surface area contributed by atoms with Crippen LogP contribution in [-0.4, -0.2) is 0 Å². The third-order valence-corrected chi connectivity index (χ3v) is 12.8. The fraction of sp³-hybridized carbons (Fsp3) is 0.105. The molecule has 0 unspecified atom stereocenters. The average molecular weight is 614 g/mol. The van der Waals surface area contributed by atoms with Crippen LogP contribution in [0.1, 0.15) is 22.3 Å². The zero-order valence-corrected chi connectivity index (χ0v) is 26.9. The van der Waals surface area contributed by atoms with Crippen molar-refractivity contribution in [3.63, 3.8) is 0 Å². The van der Waals surface area contributed by atoms with Gasteiger partial charge in [0.05, 0.1) is 0 Å². The van der Waals surface area contributed by atoms with E-state index in [4.69, 9.17) is 0 Å². The largest absolute Gasteiger partial charge is 2.00 e. The molecule has 0 aliphatic heterocycles. The van der Waals surface area contributed by atoms with E-state index in [0.717, 1.165) is 0 Å². The third-order valence-electron chi connectivity index (χ3n) is 7.23. The van der Waals surface area contributed by atoms with Crippen LogP contribution in [-0.2, 0) is 16.8 Å². The maximum Gasteiger partial charge on any atom is 2.00 e. The van der Waals surface area contributed by atoms with Gasteiger partial charge in [-0.1, -0.05) is 97.1 Å². The zero-order chi connectivity index (χ0) is 27.9. The maximum atomic E-state index is 2.28. The summed E-state index contributed by atoms with van der Waals surface area (Å²) in [4.78, 5) is 0. The quantitative estimate of drug-likeness (QED) is 0.134. The van der Waals surface area contributed by atoms with Gasteiger partial charge in [0, 0.05) is 0 Å². The van der Waals surface area contributed by atoms with E-state index in [1.165, 1.54) is 54.1 Å². The number of benzene rings is 4. The molecule has 0 heterocycles. The summed E-state index contributed by atoms with van der Waals surface area (Å²) >= 11 is 0. The zero-order valence-electron chi connectivity index (χ0n) is 24.1. The van der Waals surface area contributed by atoms with Crippen LogP contribution in [0, 0.1) is 27.7 Å². The molecule has 0 spiro atoms. The summed E-state index contributed by atoms with van der Waals surface area (Å²) in [5, 5.41) is 8.71. The summed E-state index contributed by atoms with van der Waals surface area (Å²) in [6.45, 7) is 8.86. The van der Waals surface area contributed by atoms with Crippen molar-refractivity contribution in [2.24, 2.45) is 0 Å². The van der Waals surface area contributed by atoms with E-state index >= 15 is 0 Å². The van der Waals surface area contributed by atoms with Gasteiger partial charge in [-0.15, -0.1) is 10.6 Å². The predicted octanol–water partition coefficient (Wildman–Crippen LogP) is 7.56. The smallest absolute Gasteiger partial charge is 0.213 e. The molecule has 0 fully saturated rings. The Kier molecular flexibility index (Phi) is 11.1. The van der Waals surface area contributed by atoms with Gasteiger partial charge in [0.2, 0.25) is 0 Å². The molecule has 1 radical (unpaired) electrons. The van der Waals surface area contributed by atoms with E-state index in [-0.39, 0.29) is 16.8 Å². The summed E-state index contributed by atoms with van der Waals surface area (Å²) in [5.41, 5.74) is 5.51. The molecule has 207 valence electrons. The predicted molar refractivity (Wildman–Crippen MR) is 180 cm³/mol. The van der Waals surface area contributed by atoms with Crippen molar-refractivity contribution >= 4 is 47.7 Å². The molecule has 41 heavy (non-hydrogen) atoms. The first-order valence-corrected chi connectivity index (χ1v) is 16.5. The number of hydrogen-bond acceptors (Lipinski definition) is 0. The van der Waals surface area contributed by atoms with Gasteiger partial charge in [0.15, 0.2) is 0 Å². The Labute approximate surface area is 258 Å². The van der Waals surface area contributed by atoms with E-state index in [0.29, 0.717) is 0 Å². The number of aryl methyl sites for hydroxylation is 4. The van der Waals surface area contributed by atoms with Crippen molar-refractivity contribution in [1.29, 1.82) is 0 Å². The van der Waals surface area contributed by atoms with E-state index in [9.17, 15) is 0 Å². The van der Waals surface area contributed by atoms with Crippen LogP contribution in [0.3, 0.4) is 0 Å². The van der Waals surface area contributed by atoms with Crippen LogP contribution in [0.4, 0.5) is 0 Å². The molecule has 0 aliphatic carbocycles. The molecular weight excluding hydrogens is 577 g/mol. The van der Waals surface area contributed by atoms with Gasteiger partial charge in [0.1, 0.15) is 0 Å². The Morgan fingerprint density at radius 2 is 0.634 bits per heavy atom. The fourth-order valence-corrected chi connectivity index (χ4v) is 10.3. The van der Waals surface area contributed by atoms with Crippen LogP contribution in [0.2, 0.25) is 0 Å². The second-order valence-corrected chi connectivity index (χ2v) is 14.4. The third kappa shape index (κ3) is 7.24. The SMILES string of the molecule is Cc1ccccc1P(c1ccc[cH-]1)c1ccccc1C.Cc1ccccc1P(c1ccc[cH-]1)c1ccccc1C.[Co+2]. The average Bonchev–Trinajstić information content (AvgIpc) is 3.69. The van der Waals surface area contributed by atoms with Gasteiger partial charge in [0.25, 0.3) is 0 Å². The van der Waals surface area contributed by atoms with Crippen molar-refractivity contribution in [2.45, 2.75) is 27.7 Å². The Balaban J connectivity index is 0.000000184. The topological polar surface area (TPSA) is 0 Å². The first kappa shape index (κ1) is 30.9. The van der Waals surface area contributed by atoms with Crippen molar-refractivity contribution in [2.75, 3.05) is 0 Å². The fourth-order valence-electron chi connectivity index (χ4n) is 5.10. The first-order chi connectivity index (χ1) is 19.5. The molecule has 3 heteroatoms. The maximum absolute atomic E-state index is 2.28. The molecule has 0 bridgehead atoms. The van der Waals surface area contributed by atoms with Gasteiger partial charge in [-0.3, -0.25) is 0 Å². The minimum absolute atomic E-state index is 0. The summed E-state index contributed by atoms with van der Waals surface area (Å²) in [5.74, 6) is 0. The number of rotatable bonds is 6. The Morgan fingerprint density at radius 3 is 0.854 bits per heavy atom. The molecule has 0 amide bonds. The van der Waals surface area contributed by atoms with Crippen molar-refractivity contribution in [1.82, 2.24) is 0 Å². The van der Waals surface area contributed by atoms with E-state index in [1.54, 1.807) is 0 Å². The summed E-state index contributed by atoms with van der Waals surface area (Å²) in [6.07, 6.45) is 0. The van der Waals surface area contributed by atoms with Crippen LogP contribution in [0.25, 0.3) is 0 Å². The van der Waals surface area contributed by atoms with Crippen LogP contribution in [0.5, 0.6) is 0 Å². The van der Waals surface area contributed by atoms with Crippen molar-refractivity contribution in [3.8, 4) is 0 Å². The van der Waals surface area contributed by atoms with Crippen LogP contribution in [0.15, 0.2) is 146 Å². The van der Waals surface area contributed by atoms with Crippen LogP contribution < -0.4 is 31.8 Å². The molecular formula is C38H36CoP2. The van der Waals surface area contributed by atoms with Gasteiger partial charge < -0.3 is 0 Å². The minimum atomic E-state index is -0.451. The van der Waals surface area contributed by atoms with Crippen LogP contribution >= 0.6 is 15.8 Å². The van der Waals surface area contributed by atoms with Crippen molar-refractivity contribution < 1.29 is 16.8 Å². The molecule has 6 aromatic rings. The molecule has 0 atom stereocenters. The summed E-state index contributed by atoms with van der Waals surface area (Å²) in [7, 11) is -0.901. The molecule has 0 aromatic heterocycles. The monoisotopic (exact) mass is 613 g/mol. The van der Waals surface area contributed by atoms with Crippen molar-refractivity contribution in [3.05, 3.63) is 168 Å². The summed E-state index contributed by atoms with van der Waals surface area (Å²) < 4.78 is 0. The second-order valence-electron chi connectivity index (χ2n) is 10.1. The molecule has 6 aromatic carbocycles. The normalized spacial score (nSPS) is 10.7. The molecule has 6 rings (SSSR count). The Hall–Kier alpha value is -3.05. The van der Waals surface area contributed by atoms with Gasteiger partial charge in [-0.2, -0.15) is 24.3 Å². The summed E-state index contributed by atoms with van der Waals surface area (Å²) in [6, 6.07) is 52.6. The molecule has 0 saturated heterocycles.